The first kappa shape index (κ1) is 21.9. The van der Waals surface area contributed by atoms with Gasteiger partial charge in [0.25, 0.3) is 0 Å². The minimum absolute atomic E-state index is 0.0842. The van der Waals surface area contributed by atoms with Gasteiger partial charge in [0.15, 0.2) is 24.0 Å². The first-order valence-corrected chi connectivity index (χ1v) is 8.97. The number of nitrogens with one attached hydrogen (secondary N) is 1. The van der Waals surface area contributed by atoms with Gasteiger partial charge in [-0.2, -0.15) is 0 Å². The minimum atomic E-state index is -1.34. The van der Waals surface area contributed by atoms with Gasteiger partial charge in [0.2, 0.25) is 0 Å². The smallest absolute Gasteiger partial charge is 0.341 e. The maximum Gasteiger partial charge on any atom is 0.341 e. The van der Waals surface area contributed by atoms with Gasteiger partial charge in [0.05, 0.1) is 11.8 Å². The van der Waals surface area contributed by atoms with Crippen molar-refractivity contribution in [3.8, 4) is 5.75 Å². The first-order chi connectivity index (χ1) is 13.3. The number of hydrogen-bond acceptors (Lipinski definition) is 5. The molecule has 1 atom stereocenters. The molecule has 0 saturated heterocycles. The number of carbonyl (C=O) groups is 1. The Morgan fingerprint density at radius 1 is 1.29 bits per heavy atom. The van der Waals surface area contributed by atoms with Gasteiger partial charge in [-0.3, -0.25) is 0 Å². The van der Waals surface area contributed by atoms with Crippen LogP contribution in [0.15, 0.2) is 36.4 Å². The Kier molecular flexibility index (Phi) is 7.98. The van der Waals surface area contributed by atoms with Gasteiger partial charge >= 0.3 is 5.97 Å². The Hall–Kier alpha value is -2.42. The van der Waals surface area contributed by atoms with E-state index in [0.717, 1.165) is 12.1 Å². The van der Waals surface area contributed by atoms with Gasteiger partial charge < -0.3 is 20.0 Å². The number of aliphatic carboxylic acids is 1. The molecular weight excluding hydrogens is 394 g/mol. The fourth-order valence-electron chi connectivity index (χ4n) is 2.53. The van der Waals surface area contributed by atoms with E-state index in [1.807, 2.05) is 6.92 Å². The Balaban J connectivity index is 2.13. The van der Waals surface area contributed by atoms with Crippen molar-refractivity contribution in [2.45, 2.75) is 19.4 Å². The lowest BCUT2D eigenvalue weighted by Gasteiger charge is -2.27. The van der Waals surface area contributed by atoms with Crippen molar-refractivity contribution in [2.24, 2.45) is 0 Å². The molecule has 0 aliphatic rings. The van der Waals surface area contributed by atoms with Crippen molar-refractivity contribution in [1.82, 2.24) is 5.43 Å². The highest BCUT2D eigenvalue weighted by Gasteiger charge is 2.18. The number of nitrogens with zero attached hydrogens (tertiary/aromatic N) is 1. The van der Waals surface area contributed by atoms with E-state index >= 15 is 0 Å². The van der Waals surface area contributed by atoms with Crippen LogP contribution in [-0.2, 0) is 4.79 Å². The predicted octanol–water partition coefficient (Wildman–Crippen LogP) is 3.54. The molecule has 0 amide bonds. The van der Waals surface area contributed by atoms with E-state index in [2.05, 4.69) is 10.2 Å². The number of rotatable bonds is 10. The van der Waals surface area contributed by atoms with Crippen LogP contribution < -0.4 is 15.2 Å². The van der Waals surface area contributed by atoms with Crippen molar-refractivity contribution in [3.63, 3.8) is 0 Å². The van der Waals surface area contributed by atoms with Gasteiger partial charge in [-0.25, -0.2) is 19.0 Å². The third-order valence-electron chi connectivity index (χ3n) is 3.79. The van der Waals surface area contributed by atoms with Gasteiger partial charge in [-0.1, -0.05) is 30.7 Å². The van der Waals surface area contributed by atoms with Crippen LogP contribution in [0.4, 0.5) is 14.5 Å². The zero-order chi connectivity index (χ0) is 20.7. The van der Waals surface area contributed by atoms with Crippen molar-refractivity contribution < 1.29 is 28.5 Å². The molecule has 0 radical (unpaired) electrons. The summed E-state index contributed by atoms with van der Waals surface area (Å²) in [7, 11) is 0. The topological polar surface area (TPSA) is 82.0 Å². The molecule has 0 aliphatic heterocycles. The number of carboxylic acids is 1. The van der Waals surface area contributed by atoms with Crippen LogP contribution in [-0.4, -0.2) is 35.9 Å². The highest BCUT2D eigenvalue weighted by Crippen LogP contribution is 2.27. The lowest BCUT2D eigenvalue weighted by molar-refractivity contribution is -0.139. The number of benzene rings is 2. The van der Waals surface area contributed by atoms with Crippen molar-refractivity contribution in [3.05, 3.63) is 58.6 Å². The van der Waals surface area contributed by atoms with Gasteiger partial charge in [-0.05, 0) is 24.1 Å². The molecule has 0 bridgehead atoms. The van der Waals surface area contributed by atoms with Gasteiger partial charge in [-0.15, -0.1) is 0 Å². The number of halogens is 3. The largest absolute Gasteiger partial charge is 0.479 e. The summed E-state index contributed by atoms with van der Waals surface area (Å²) in [6.07, 6.45) is -0.216. The summed E-state index contributed by atoms with van der Waals surface area (Å²) in [5.41, 5.74) is 3.73. The molecule has 0 unspecified atom stereocenters. The van der Waals surface area contributed by atoms with E-state index in [-0.39, 0.29) is 12.2 Å². The van der Waals surface area contributed by atoms with Crippen molar-refractivity contribution >= 4 is 23.3 Å². The number of aliphatic hydroxyl groups excluding tert-OH is 1. The maximum absolute atomic E-state index is 14.2. The average molecular weight is 415 g/mol. The second kappa shape index (κ2) is 10.2. The molecule has 0 saturated carbocycles. The minimum Gasteiger partial charge on any atom is -0.479 e. The molecule has 0 fully saturated rings. The molecule has 0 aliphatic carbocycles. The van der Waals surface area contributed by atoms with Gasteiger partial charge in [0, 0.05) is 30.2 Å². The summed E-state index contributed by atoms with van der Waals surface area (Å²) in [5, 5.41) is 20.9. The molecule has 9 heteroatoms. The summed E-state index contributed by atoms with van der Waals surface area (Å²) in [6, 6.07) is 8.82. The van der Waals surface area contributed by atoms with E-state index in [9.17, 15) is 18.7 Å². The monoisotopic (exact) mass is 414 g/mol. The fraction of sp³-hybridized carbons (Fsp3) is 0.316. The van der Waals surface area contributed by atoms with E-state index in [1.54, 1.807) is 24.3 Å². The SMILES string of the molecule is CCCN(NC[C@H](O)c1cccc(Cl)c1)c1cc(F)c(OCC(=O)O)c(F)c1. The molecule has 2 aromatic carbocycles. The van der Waals surface area contributed by atoms with Crippen LogP contribution in [0.5, 0.6) is 5.75 Å². The van der Waals surface area contributed by atoms with Crippen LogP contribution in [0.25, 0.3) is 0 Å². The summed E-state index contributed by atoms with van der Waals surface area (Å²) in [6.45, 7) is 1.53. The van der Waals surface area contributed by atoms with E-state index in [0.29, 0.717) is 23.6 Å². The molecule has 0 aromatic heterocycles. The van der Waals surface area contributed by atoms with Crippen molar-refractivity contribution in [1.29, 1.82) is 0 Å². The fourth-order valence-corrected chi connectivity index (χ4v) is 2.72. The van der Waals surface area contributed by atoms with Crippen LogP contribution in [0.1, 0.15) is 25.0 Å². The Bertz CT molecular complexity index is 799. The van der Waals surface area contributed by atoms with E-state index < -0.39 is 36.1 Å². The Morgan fingerprint density at radius 3 is 2.54 bits per heavy atom. The first-order valence-electron chi connectivity index (χ1n) is 8.60. The molecule has 6 nitrogen and oxygen atoms in total. The lowest BCUT2D eigenvalue weighted by atomic mass is 10.1. The van der Waals surface area contributed by atoms with Crippen LogP contribution in [0, 0.1) is 11.6 Å². The number of hydrogen-bond donors (Lipinski definition) is 3. The Morgan fingerprint density at radius 2 is 1.96 bits per heavy atom. The normalized spacial score (nSPS) is 11.9. The quantitative estimate of drug-likeness (QED) is 0.516. The predicted molar refractivity (Wildman–Crippen MR) is 102 cm³/mol. The third-order valence-corrected chi connectivity index (χ3v) is 4.03. The van der Waals surface area contributed by atoms with Crippen LogP contribution in [0.2, 0.25) is 5.02 Å². The lowest BCUT2D eigenvalue weighted by Crippen LogP contribution is -2.41. The van der Waals surface area contributed by atoms with Crippen molar-refractivity contribution in [2.75, 3.05) is 24.7 Å². The molecule has 0 heterocycles. The van der Waals surface area contributed by atoms with E-state index in [1.165, 1.54) is 5.01 Å². The number of anilines is 1. The van der Waals surface area contributed by atoms with Gasteiger partial charge in [0.1, 0.15) is 0 Å². The second-order valence-corrected chi connectivity index (χ2v) is 6.44. The molecule has 3 N–H and O–H groups in total. The number of carboxylic acid groups (broad SMARTS) is 1. The highest BCUT2D eigenvalue weighted by molar-refractivity contribution is 6.30. The highest BCUT2D eigenvalue weighted by atomic mass is 35.5. The number of ether oxygens (including phenoxy) is 1. The molecule has 0 spiro atoms. The maximum atomic E-state index is 14.2. The third kappa shape index (κ3) is 6.05. The zero-order valence-corrected chi connectivity index (χ0v) is 15.9. The molecule has 2 aromatic rings. The zero-order valence-electron chi connectivity index (χ0n) is 15.2. The molecule has 28 heavy (non-hydrogen) atoms. The molecule has 152 valence electrons. The van der Waals surface area contributed by atoms with Crippen LogP contribution >= 0.6 is 11.6 Å². The summed E-state index contributed by atoms with van der Waals surface area (Å²) in [5.74, 6) is -4.13. The molecule has 2 rings (SSSR count). The summed E-state index contributed by atoms with van der Waals surface area (Å²) >= 11 is 5.92. The average Bonchev–Trinajstić information content (AvgIpc) is 2.63. The summed E-state index contributed by atoms with van der Waals surface area (Å²) < 4.78 is 33.0. The Labute approximate surface area is 166 Å². The standard InChI is InChI=1S/C19H21ClF2N2O4/c1-2-6-24(23-10-17(25)12-4-3-5-13(20)7-12)14-8-15(21)19(16(22)9-14)28-11-18(26)27/h3-5,7-9,17,23,25H,2,6,10-11H2,1H3,(H,26,27)/t17-/m0/s1. The van der Waals surface area contributed by atoms with E-state index in [4.69, 9.17) is 16.7 Å². The number of aliphatic hydroxyl groups is 1. The summed E-state index contributed by atoms with van der Waals surface area (Å²) in [4.78, 5) is 10.5. The van der Waals surface area contributed by atoms with Crippen LogP contribution in [0.3, 0.4) is 0 Å². The second-order valence-electron chi connectivity index (χ2n) is 6.01. The number of hydrazine groups is 1. The molecular formula is C19H21ClF2N2O4.